The summed E-state index contributed by atoms with van der Waals surface area (Å²) in [6.45, 7) is 6.68. The van der Waals surface area contributed by atoms with Crippen LogP contribution >= 0.6 is 0 Å². The Hall–Kier alpha value is -1.16. The van der Waals surface area contributed by atoms with Crippen molar-refractivity contribution in [2.75, 3.05) is 0 Å². The molecule has 0 unspecified atom stereocenters. The first-order valence-electron chi connectivity index (χ1n) is 11.3. The number of hydrogen-bond acceptors (Lipinski definition) is 3. The number of fused-ring (bicyclic) bond motifs is 5. The minimum atomic E-state index is -0.741. The number of aliphatic carboxylic acids is 1. The van der Waals surface area contributed by atoms with Crippen molar-refractivity contribution in [1.29, 1.82) is 0 Å². The fraction of sp³-hybridized carbons (Fsp3) is 0.833. The Kier molecular flexibility index (Phi) is 5.01. The number of hydrogen-bond donors (Lipinski definition) is 2. The molecule has 3 fully saturated rings. The van der Waals surface area contributed by atoms with E-state index >= 15 is 0 Å². The molecular weight excluding hydrogens is 352 g/mol. The average molecular weight is 389 g/mol. The minimum Gasteiger partial charge on any atom is -0.481 e. The number of aliphatic hydroxyl groups is 1. The minimum absolute atomic E-state index is 0.0755. The van der Waals surface area contributed by atoms with Crippen molar-refractivity contribution in [1.82, 2.24) is 0 Å². The van der Waals surface area contributed by atoms with Gasteiger partial charge in [-0.05, 0) is 92.4 Å². The molecule has 0 aromatic heterocycles. The van der Waals surface area contributed by atoms with Gasteiger partial charge in [0.05, 0.1) is 6.10 Å². The van der Waals surface area contributed by atoms with Gasteiger partial charge in [-0.25, -0.2) is 0 Å². The molecule has 4 heteroatoms. The zero-order chi connectivity index (χ0) is 20.3. The van der Waals surface area contributed by atoms with Crippen LogP contribution in [-0.4, -0.2) is 28.1 Å². The van der Waals surface area contributed by atoms with Crippen molar-refractivity contribution >= 4 is 11.8 Å². The fourth-order valence-electron chi connectivity index (χ4n) is 7.79. The zero-order valence-electron chi connectivity index (χ0n) is 17.6. The lowest BCUT2D eigenvalue weighted by atomic mass is 9.48. The molecule has 0 saturated heterocycles. The molecule has 2 N–H and O–H groups in total. The first kappa shape index (κ1) is 20.1. The Morgan fingerprint density at radius 2 is 1.96 bits per heavy atom. The Labute approximate surface area is 168 Å². The molecule has 4 aliphatic carbocycles. The maximum Gasteiger partial charge on any atom is 0.303 e. The zero-order valence-corrected chi connectivity index (χ0v) is 17.6. The summed E-state index contributed by atoms with van der Waals surface area (Å²) in [6, 6.07) is 0. The predicted molar refractivity (Wildman–Crippen MR) is 108 cm³/mol. The second kappa shape index (κ2) is 6.97. The summed E-state index contributed by atoms with van der Waals surface area (Å²) in [4.78, 5) is 24.6. The number of carboxylic acids is 1. The van der Waals surface area contributed by atoms with Crippen LogP contribution in [0.5, 0.6) is 0 Å². The highest BCUT2D eigenvalue weighted by atomic mass is 16.4. The third kappa shape index (κ3) is 2.89. The second-order valence-corrected chi connectivity index (χ2v) is 10.7. The van der Waals surface area contributed by atoms with Crippen LogP contribution in [0.15, 0.2) is 11.6 Å². The summed E-state index contributed by atoms with van der Waals surface area (Å²) in [5.74, 6) is 1.51. The number of rotatable bonds is 4. The molecule has 8 atom stereocenters. The van der Waals surface area contributed by atoms with Gasteiger partial charge in [-0.2, -0.15) is 0 Å². The van der Waals surface area contributed by atoms with Gasteiger partial charge >= 0.3 is 5.97 Å². The fourth-order valence-corrected chi connectivity index (χ4v) is 7.79. The molecule has 28 heavy (non-hydrogen) atoms. The summed E-state index contributed by atoms with van der Waals surface area (Å²) in [7, 11) is 0. The van der Waals surface area contributed by atoms with Crippen LogP contribution in [0.25, 0.3) is 0 Å². The van der Waals surface area contributed by atoms with Gasteiger partial charge in [0.2, 0.25) is 0 Å². The molecule has 4 nitrogen and oxygen atoms in total. The van der Waals surface area contributed by atoms with E-state index in [0.29, 0.717) is 35.9 Å². The lowest BCUT2D eigenvalue weighted by molar-refractivity contribution is -0.137. The predicted octanol–water partition coefficient (Wildman–Crippen LogP) is 4.61. The van der Waals surface area contributed by atoms with E-state index in [-0.39, 0.29) is 29.3 Å². The summed E-state index contributed by atoms with van der Waals surface area (Å²) in [5.41, 5.74) is 1.14. The normalized spacial score (nSPS) is 46.2. The SMILES string of the molecule is C[C@H](CCC(=O)O)[C@@H]1CC[C@@H]2[C@@H]3CC[C@@H]4C[C@H](O)CC[C@]4(C)C3=CC(=O)[C@@]21C. The lowest BCUT2D eigenvalue weighted by Gasteiger charge is -2.56. The molecule has 0 aromatic carbocycles. The molecule has 3 saturated carbocycles. The molecule has 4 rings (SSSR count). The van der Waals surface area contributed by atoms with Crippen LogP contribution < -0.4 is 0 Å². The third-order valence-corrected chi connectivity index (χ3v) is 9.47. The number of ketones is 1. The Morgan fingerprint density at radius 3 is 2.68 bits per heavy atom. The lowest BCUT2D eigenvalue weighted by Crippen LogP contribution is -2.52. The van der Waals surface area contributed by atoms with Crippen molar-refractivity contribution in [3.05, 3.63) is 11.6 Å². The summed E-state index contributed by atoms with van der Waals surface area (Å²) in [6.07, 6.45) is 9.87. The van der Waals surface area contributed by atoms with Crippen LogP contribution in [-0.2, 0) is 9.59 Å². The summed E-state index contributed by atoms with van der Waals surface area (Å²) in [5, 5.41) is 19.2. The molecule has 0 radical (unpaired) electrons. The Bertz CT molecular complexity index is 697. The van der Waals surface area contributed by atoms with E-state index in [4.69, 9.17) is 5.11 Å². The van der Waals surface area contributed by atoms with Gasteiger partial charge in [-0.15, -0.1) is 0 Å². The Balaban J connectivity index is 1.63. The van der Waals surface area contributed by atoms with Crippen molar-refractivity contribution in [3.63, 3.8) is 0 Å². The van der Waals surface area contributed by atoms with Crippen LogP contribution in [0.2, 0.25) is 0 Å². The first-order valence-corrected chi connectivity index (χ1v) is 11.3. The van der Waals surface area contributed by atoms with Crippen molar-refractivity contribution < 1.29 is 19.8 Å². The summed E-state index contributed by atoms with van der Waals surface area (Å²) < 4.78 is 0. The molecular formula is C24H36O4. The highest BCUT2D eigenvalue weighted by Gasteiger charge is 2.60. The Morgan fingerprint density at radius 1 is 1.21 bits per heavy atom. The second-order valence-electron chi connectivity index (χ2n) is 10.7. The maximum atomic E-state index is 13.5. The number of carbonyl (C=O) groups is 2. The molecule has 0 bridgehead atoms. The highest BCUT2D eigenvalue weighted by Crippen LogP contribution is 2.65. The number of aliphatic hydroxyl groups excluding tert-OH is 1. The van der Waals surface area contributed by atoms with E-state index in [1.807, 2.05) is 6.08 Å². The van der Waals surface area contributed by atoms with E-state index in [2.05, 4.69) is 20.8 Å². The monoisotopic (exact) mass is 388 g/mol. The van der Waals surface area contributed by atoms with Gasteiger partial charge < -0.3 is 10.2 Å². The highest BCUT2D eigenvalue weighted by molar-refractivity contribution is 5.97. The van der Waals surface area contributed by atoms with Gasteiger partial charge in [0.15, 0.2) is 5.78 Å². The van der Waals surface area contributed by atoms with Crippen LogP contribution in [0.4, 0.5) is 0 Å². The van der Waals surface area contributed by atoms with Gasteiger partial charge in [-0.3, -0.25) is 9.59 Å². The van der Waals surface area contributed by atoms with Gasteiger partial charge in [-0.1, -0.05) is 26.3 Å². The first-order chi connectivity index (χ1) is 13.2. The largest absolute Gasteiger partial charge is 0.481 e. The van der Waals surface area contributed by atoms with Crippen LogP contribution in [0.1, 0.15) is 78.6 Å². The topological polar surface area (TPSA) is 74.6 Å². The van der Waals surface area contributed by atoms with Crippen LogP contribution in [0, 0.1) is 40.4 Å². The van der Waals surface area contributed by atoms with Crippen LogP contribution in [0.3, 0.4) is 0 Å². The molecule has 0 aliphatic heterocycles. The van der Waals surface area contributed by atoms with E-state index < -0.39 is 5.97 Å². The quantitative estimate of drug-likeness (QED) is 0.738. The summed E-state index contributed by atoms with van der Waals surface area (Å²) >= 11 is 0. The molecule has 0 spiro atoms. The molecule has 0 aromatic rings. The van der Waals surface area contributed by atoms with E-state index in [1.54, 1.807) is 0 Å². The molecule has 4 aliphatic rings. The van der Waals surface area contributed by atoms with E-state index in [1.165, 1.54) is 5.57 Å². The van der Waals surface area contributed by atoms with Crippen molar-refractivity contribution in [2.24, 2.45) is 40.4 Å². The smallest absolute Gasteiger partial charge is 0.303 e. The number of carbonyl (C=O) groups excluding carboxylic acids is 1. The average Bonchev–Trinajstić information content (AvgIpc) is 3.00. The van der Waals surface area contributed by atoms with Gasteiger partial charge in [0.25, 0.3) is 0 Å². The number of allylic oxidation sites excluding steroid dienone is 2. The molecule has 0 heterocycles. The van der Waals surface area contributed by atoms with E-state index in [0.717, 1.165) is 44.9 Å². The maximum absolute atomic E-state index is 13.5. The van der Waals surface area contributed by atoms with Gasteiger partial charge in [0.1, 0.15) is 0 Å². The van der Waals surface area contributed by atoms with Crippen molar-refractivity contribution in [2.45, 2.75) is 84.7 Å². The third-order valence-electron chi connectivity index (χ3n) is 9.47. The molecule has 156 valence electrons. The molecule has 0 amide bonds. The van der Waals surface area contributed by atoms with Crippen molar-refractivity contribution in [3.8, 4) is 0 Å². The standard InChI is InChI=1S/C24H36O4/c1-14(4-9-22(27)28)18-7-8-19-17-6-5-15-12-16(25)10-11-23(15,2)20(17)13-21(26)24(18,19)3/h13-19,25H,4-12H2,1-3H3,(H,27,28)/t14-,15-,16-,17+,18+,19-,23+,24-/m1/s1. The van der Waals surface area contributed by atoms with E-state index in [9.17, 15) is 14.7 Å². The van der Waals surface area contributed by atoms with Gasteiger partial charge in [0, 0.05) is 11.8 Å². The number of carboxylic acid groups (broad SMARTS) is 1.